The second-order valence-corrected chi connectivity index (χ2v) is 11.9. The number of carbonyl (C=O) groups excluding carboxylic acids is 3. The van der Waals surface area contributed by atoms with Crippen molar-refractivity contribution in [2.24, 2.45) is 5.73 Å². The van der Waals surface area contributed by atoms with Gasteiger partial charge in [0, 0.05) is 19.1 Å². The first-order valence-corrected chi connectivity index (χ1v) is 15.2. The average molecular weight is 597 g/mol. The monoisotopic (exact) mass is 596 g/mol. The van der Waals surface area contributed by atoms with Gasteiger partial charge in [0.2, 0.25) is 0 Å². The predicted octanol–water partition coefficient (Wildman–Crippen LogP) is 5.84. The van der Waals surface area contributed by atoms with Gasteiger partial charge in [-0.3, -0.25) is 0 Å². The van der Waals surface area contributed by atoms with Gasteiger partial charge in [-0.25, -0.2) is 14.4 Å². The topological polar surface area (TPSA) is 123 Å². The van der Waals surface area contributed by atoms with Crippen LogP contribution in [0, 0.1) is 0 Å². The fraction of sp³-hybridized carbons (Fsp3) is 0.545. The lowest BCUT2D eigenvalue weighted by Crippen LogP contribution is -2.60. The van der Waals surface area contributed by atoms with Crippen LogP contribution in [0.3, 0.4) is 0 Å². The molecule has 0 aromatic heterocycles. The van der Waals surface area contributed by atoms with E-state index in [2.05, 4.69) is 5.32 Å². The third-order valence-electron chi connectivity index (χ3n) is 7.59. The number of nitrogens with zero attached hydrogens (tertiary/aromatic N) is 2. The van der Waals surface area contributed by atoms with Gasteiger partial charge in [-0.15, -0.1) is 0 Å². The zero-order valence-electron chi connectivity index (χ0n) is 26.2. The fourth-order valence-corrected chi connectivity index (χ4v) is 4.98. The van der Waals surface area contributed by atoms with Crippen LogP contribution < -0.4 is 11.1 Å². The van der Waals surface area contributed by atoms with E-state index >= 15 is 0 Å². The Labute approximate surface area is 255 Å². The van der Waals surface area contributed by atoms with Gasteiger partial charge in [0.25, 0.3) is 0 Å². The highest BCUT2D eigenvalue weighted by molar-refractivity contribution is 5.70. The highest BCUT2D eigenvalue weighted by Gasteiger charge is 2.39. The zero-order valence-corrected chi connectivity index (χ0v) is 26.2. The summed E-state index contributed by atoms with van der Waals surface area (Å²) in [5.74, 6) is 0. The molecule has 2 saturated carbocycles. The van der Waals surface area contributed by atoms with E-state index in [0.717, 1.165) is 36.8 Å². The van der Waals surface area contributed by atoms with Crippen molar-refractivity contribution in [1.82, 2.24) is 15.1 Å². The van der Waals surface area contributed by atoms with E-state index in [1.54, 1.807) is 9.80 Å². The van der Waals surface area contributed by atoms with E-state index in [4.69, 9.17) is 19.9 Å². The van der Waals surface area contributed by atoms with E-state index in [1.807, 2.05) is 95.3 Å². The normalized spacial score (nSPS) is 20.6. The van der Waals surface area contributed by atoms with Crippen molar-refractivity contribution in [3.63, 3.8) is 0 Å². The number of ether oxygens (including phenoxy) is 3. The van der Waals surface area contributed by atoms with Crippen molar-refractivity contribution < 1.29 is 28.6 Å². The van der Waals surface area contributed by atoms with E-state index in [0.29, 0.717) is 19.7 Å². The summed E-state index contributed by atoms with van der Waals surface area (Å²) in [4.78, 5) is 39.7. The second-order valence-electron chi connectivity index (χ2n) is 11.9. The molecule has 10 heteroatoms. The number of likely N-dealkylation sites (N-methyl/N-ethyl adjacent to an activating group) is 2. The highest BCUT2D eigenvalue weighted by Crippen LogP contribution is 2.27. The SMILES string of the molecule is CCN(C(=O)OCc1ccccc1)[C@H]1CC[C@@H]1N.CCN(C(=O)OCc1ccccc1)[C@H]1CC[C@@H]1NC(=O)OC(C)(C)C. The maximum Gasteiger partial charge on any atom is 0.410 e. The standard InChI is InChI=1S/C19H28N2O4.C14H20N2O2/c1-5-21(18(23)24-13-14-9-7-6-8-10-14)16-12-11-15(16)20-17(22)25-19(2,3)4;1-2-16(13-9-8-12(13)15)14(17)18-10-11-6-4-3-5-7-11/h6-10,15-16H,5,11-13H2,1-4H3,(H,20,22);3-7,12-13H,2,8-10,15H2,1H3/t15-,16-;12-,13-/m00/s1. The van der Waals surface area contributed by atoms with Crippen molar-refractivity contribution in [3.05, 3.63) is 71.8 Å². The number of hydrogen-bond donors (Lipinski definition) is 2. The third-order valence-corrected chi connectivity index (χ3v) is 7.59. The summed E-state index contributed by atoms with van der Waals surface area (Å²) < 4.78 is 16.0. The summed E-state index contributed by atoms with van der Waals surface area (Å²) in [5, 5.41) is 2.86. The molecule has 0 saturated heterocycles. The Morgan fingerprint density at radius 3 is 1.58 bits per heavy atom. The lowest BCUT2D eigenvalue weighted by atomic mass is 9.85. The Morgan fingerprint density at radius 2 is 1.23 bits per heavy atom. The van der Waals surface area contributed by atoms with Crippen LogP contribution in [0.15, 0.2) is 60.7 Å². The van der Waals surface area contributed by atoms with Gasteiger partial charge in [0.15, 0.2) is 0 Å². The zero-order chi connectivity index (χ0) is 31.4. The number of carbonyl (C=O) groups is 3. The molecule has 2 aromatic carbocycles. The Morgan fingerprint density at radius 1 is 0.767 bits per heavy atom. The van der Waals surface area contributed by atoms with Crippen molar-refractivity contribution in [2.75, 3.05) is 13.1 Å². The molecule has 10 nitrogen and oxygen atoms in total. The fourth-order valence-electron chi connectivity index (χ4n) is 4.98. The number of nitrogens with one attached hydrogen (secondary N) is 1. The van der Waals surface area contributed by atoms with Gasteiger partial charge in [-0.05, 0) is 71.4 Å². The van der Waals surface area contributed by atoms with Crippen LogP contribution in [0.1, 0.15) is 71.4 Å². The van der Waals surface area contributed by atoms with Gasteiger partial charge >= 0.3 is 18.3 Å². The highest BCUT2D eigenvalue weighted by atomic mass is 16.6. The van der Waals surface area contributed by atoms with Crippen LogP contribution in [0.5, 0.6) is 0 Å². The Kier molecular flexibility index (Phi) is 12.7. The molecule has 0 heterocycles. The molecule has 3 N–H and O–H groups in total. The molecule has 43 heavy (non-hydrogen) atoms. The van der Waals surface area contributed by atoms with E-state index < -0.39 is 11.7 Å². The summed E-state index contributed by atoms with van der Waals surface area (Å²) in [5.41, 5.74) is 7.30. The molecular formula is C33H48N4O6. The molecule has 0 radical (unpaired) electrons. The van der Waals surface area contributed by atoms with Gasteiger partial charge in [-0.2, -0.15) is 0 Å². The lowest BCUT2D eigenvalue weighted by molar-refractivity contribution is 0.0283. The summed E-state index contributed by atoms with van der Waals surface area (Å²) in [6, 6.07) is 19.4. The van der Waals surface area contributed by atoms with Crippen molar-refractivity contribution in [1.29, 1.82) is 0 Å². The quantitative estimate of drug-likeness (QED) is 0.349. The van der Waals surface area contributed by atoms with Crippen molar-refractivity contribution in [3.8, 4) is 0 Å². The minimum atomic E-state index is -0.539. The smallest absolute Gasteiger partial charge is 0.410 e. The Hall–Kier alpha value is -3.79. The van der Waals surface area contributed by atoms with Crippen LogP contribution in [0.25, 0.3) is 0 Å². The molecule has 2 aliphatic carbocycles. The molecular weight excluding hydrogens is 548 g/mol. The summed E-state index contributed by atoms with van der Waals surface area (Å²) in [6.07, 6.45) is 2.58. The first-order chi connectivity index (χ1) is 20.5. The molecule has 2 aliphatic rings. The maximum atomic E-state index is 12.4. The molecule has 4 atom stereocenters. The first kappa shape index (κ1) is 33.7. The number of rotatable bonds is 9. The van der Waals surface area contributed by atoms with Crippen LogP contribution >= 0.6 is 0 Å². The number of alkyl carbamates (subject to hydrolysis) is 1. The first-order valence-electron chi connectivity index (χ1n) is 15.2. The summed E-state index contributed by atoms with van der Waals surface area (Å²) in [7, 11) is 0. The molecule has 0 bridgehead atoms. The Balaban J connectivity index is 0.000000248. The van der Waals surface area contributed by atoms with E-state index in [9.17, 15) is 14.4 Å². The maximum absolute atomic E-state index is 12.4. The minimum Gasteiger partial charge on any atom is -0.445 e. The van der Waals surface area contributed by atoms with Gasteiger partial charge in [0.05, 0.1) is 18.1 Å². The van der Waals surface area contributed by atoms with Crippen LogP contribution in [0.4, 0.5) is 14.4 Å². The largest absolute Gasteiger partial charge is 0.445 e. The second kappa shape index (κ2) is 16.2. The van der Waals surface area contributed by atoms with E-state index in [1.165, 1.54) is 0 Å². The molecule has 0 aliphatic heterocycles. The van der Waals surface area contributed by atoms with Gasteiger partial charge < -0.3 is 35.1 Å². The molecule has 0 spiro atoms. The molecule has 2 fully saturated rings. The summed E-state index contributed by atoms with van der Waals surface area (Å²) in [6.45, 7) is 11.1. The average Bonchev–Trinajstić information content (AvgIpc) is 2.97. The van der Waals surface area contributed by atoms with Crippen LogP contribution in [-0.2, 0) is 27.4 Å². The molecule has 0 unspecified atom stereocenters. The number of nitrogens with two attached hydrogens (primary N) is 1. The molecule has 236 valence electrons. The van der Waals surface area contributed by atoms with Gasteiger partial charge in [0.1, 0.15) is 18.8 Å². The number of benzene rings is 2. The third kappa shape index (κ3) is 10.5. The van der Waals surface area contributed by atoms with E-state index in [-0.39, 0.29) is 43.0 Å². The molecule has 4 rings (SSSR count). The number of hydrogen-bond acceptors (Lipinski definition) is 7. The summed E-state index contributed by atoms with van der Waals surface area (Å²) >= 11 is 0. The molecule has 2 aromatic rings. The molecule has 3 amide bonds. The van der Waals surface area contributed by atoms with Crippen LogP contribution in [-0.4, -0.2) is 70.9 Å². The lowest BCUT2D eigenvalue weighted by Gasteiger charge is -2.43. The Bertz CT molecular complexity index is 1160. The minimum absolute atomic E-state index is 0.0548. The van der Waals surface area contributed by atoms with Crippen molar-refractivity contribution >= 4 is 18.3 Å². The van der Waals surface area contributed by atoms with Crippen LogP contribution in [0.2, 0.25) is 0 Å². The van der Waals surface area contributed by atoms with Gasteiger partial charge in [-0.1, -0.05) is 60.7 Å². The predicted molar refractivity (Wildman–Crippen MR) is 165 cm³/mol. The number of amides is 3. The van der Waals surface area contributed by atoms with Crippen molar-refractivity contribution in [2.45, 2.75) is 103 Å².